The van der Waals surface area contributed by atoms with Gasteiger partial charge in [-0.25, -0.2) is 4.79 Å². The second kappa shape index (κ2) is 6.06. The number of thiophene rings is 1. The van der Waals surface area contributed by atoms with Gasteiger partial charge in [-0.1, -0.05) is 24.6 Å². The van der Waals surface area contributed by atoms with Gasteiger partial charge in [-0.2, -0.15) is 0 Å². The largest absolute Gasteiger partial charge is 0.478 e. The van der Waals surface area contributed by atoms with Crippen molar-refractivity contribution in [2.24, 2.45) is 11.8 Å². The first kappa shape index (κ1) is 15.4. The van der Waals surface area contributed by atoms with E-state index < -0.39 is 5.97 Å². The summed E-state index contributed by atoms with van der Waals surface area (Å²) in [4.78, 5) is 24.2. The van der Waals surface area contributed by atoms with E-state index in [0.29, 0.717) is 33.9 Å². The number of hydrogen-bond acceptors (Lipinski definition) is 3. The fraction of sp³-hybridized carbons (Fsp3) is 0.368. The standard InChI is InChI=1S/C19H19NO3S/c21-17(11-5-2-1-3-6-11)20-18-16(19(22)23)14(10-24-18)15-12-7-4-8-13(15)9-12/h1-3,5-6,10,12-13,15H,4,7-9H2,(H,20,21)(H,22,23). The van der Waals surface area contributed by atoms with E-state index in [9.17, 15) is 14.7 Å². The van der Waals surface area contributed by atoms with Crippen LogP contribution in [0.5, 0.6) is 0 Å². The van der Waals surface area contributed by atoms with Crippen LogP contribution in [0.2, 0.25) is 0 Å². The zero-order valence-corrected chi connectivity index (χ0v) is 14.0. The van der Waals surface area contributed by atoms with Crippen LogP contribution in [0.4, 0.5) is 5.00 Å². The van der Waals surface area contributed by atoms with E-state index in [4.69, 9.17) is 0 Å². The molecule has 2 bridgehead atoms. The second-order valence-electron chi connectivity index (χ2n) is 6.73. The smallest absolute Gasteiger partial charge is 0.339 e. The molecule has 0 saturated heterocycles. The molecule has 1 aromatic heterocycles. The number of carbonyl (C=O) groups is 2. The van der Waals surface area contributed by atoms with E-state index in [1.807, 2.05) is 11.4 Å². The van der Waals surface area contributed by atoms with E-state index in [0.717, 1.165) is 5.56 Å². The van der Waals surface area contributed by atoms with Crippen LogP contribution in [0.3, 0.4) is 0 Å². The summed E-state index contributed by atoms with van der Waals surface area (Å²) in [7, 11) is 0. The predicted octanol–water partition coefficient (Wildman–Crippen LogP) is 4.60. The molecule has 2 unspecified atom stereocenters. The molecular formula is C19H19NO3S. The Morgan fingerprint density at radius 2 is 1.83 bits per heavy atom. The summed E-state index contributed by atoms with van der Waals surface area (Å²) in [6.45, 7) is 0. The normalized spacial score (nSPS) is 24.9. The zero-order valence-electron chi connectivity index (χ0n) is 13.2. The third kappa shape index (κ3) is 2.53. The molecule has 2 fully saturated rings. The first-order chi connectivity index (χ1) is 11.6. The van der Waals surface area contributed by atoms with E-state index in [2.05, 4.69) is 5.32 Å². The third-order valence-corrected chi connectivity index (χ3v) is 6.34. The highest BCUT2D eigenvalue weighted by Gasteiger charge is 2.46. The Labute approximate surface area is 144 Å². The van der Waals surface area contributed by atoms with Gasteiger partial charge in [0.05, 0.1) is 5.56 Å². The molecule has 4 rings (SSSR count). The fourth-order valence-corrected chi connectivity index (χ4v) is 5.30. The van der Waals surface area contributed by atoms with E-state index in [1.165, 1.54) is 37.0 Å². The van der Waals surface area contributed by atoms with Gasteiger partial charge in [0.15, 0.2) is 0 Å². The first-order valence-corrected chi connectivity index (χ1v) is 9.24. The molecular weight excluding hydrogens is 322 g/mol. The SMILES string of the molecule is O=C(Nc1scc(C2C3CCCC2C3)c1C(=O)O)c1ccccc1. The Balaban J connectivity index is 1.62. The topological polar surface area (TPSA) is 66.4 Å². The van der Waals surface area contributed by atoms with E-state index >= 15 is 0 Å². The number of nitrogens with one attached hydrogen (secondary N) is 1. The molecule has 2 aliphatic rings. The van der Waals surface area contributed by atoms with Crippen LogP contribution >= 0.6 is 11.3 Å². The Morgan fingerprint density at radius 1 is 1.12 bits per heavy atom. The lowest BCUT2D eigenvalue weighted by atomic mass is 9.55. The molecule has 1 amide bonds. The van der Waals surface area contributed by atoms with Crippen molar-refractivity contribution in [3.05, 3.63) is 52.4 Å². The average Bonchev–Trinajstić information content (AvgIpc) is 2.99. The van der Waals surface area contributed by atoms with Crippen molar-refractivity contribution in [1.82, 2.24) is 0 Å². The summed E-state index contributed by atoms with van der Waals surface area (Å²) in [6.07, 6.45) is 4.88. The molecule has 124 valence electrons. The summed E-state index contributed by atoms with van der Waals surface area (Å²) >= 11 is 1.33. The molecule has 2 atom stereocenters. The zero-order chi connectivity index (χ0) is 16.7. The number of fused-ring (bicyclic) bond motifs is 2. The van der Waals surface area contributed by atoms with Gasteiger partial charge in [-0.05, 0) is 60.1 Å². The molecule has 2 saturated carbocycles. The van der Waals surface area contributed by atoms with Gasteiger partial charge in [0.2, 0.25) is 0 Å². The Hall–Kier alpha value is -2.14. The minimum absolute atomic E-state index is 0.264. The lowest BCUT2D eigenvalue weighted by Gasteiger charge is -2.49. The molecule has 24 heavy (non-hydrogen) atoms. The number of rotatable bonds is 4. The number of amides is 1. The molecule has 2 aliphatic carbocycles. The van der Waals surface area contributed by atoms with Gasteiger partial charge < -0.3 is 10.4 Å². The molecule has 0 spiro atoms. The van der Waals surface area contributed by atoms with Gasteiger partial charge in [0.25, 0.3) is 5.91 Å². The molecule has 2 aromatic rings. The van der Waals surface area contributed by atoms with Crippen molar-refractivity contribution >= 4 is 28.2 Å². The summed E-state index contributed by atoms with van der Waals surface area (Å²) in [6, 6.07) is 8.88. The van der Waals surface area contributed by atoms with Gasteiger partial charge in [0.1, 0.15) is 5.00 Å². The highest BCUT2D eigenvalue weighted by molar-refractivity contribution is 7.15. The number of benzene rings is 1. The van der Waals surface area contributed by atoms with Crippen LogP contribution in [0.25, 0.3) is 0 Å². The number of carboxylic acid groups (broad SMARTS) is 1. The maximum absolute atomic E-state index is 12.4. The summed E-state index contributed by atoms with van der Waals surface area (Å²) in [5.74, 6) is 0.395. The van der Waals surface area contributed by atoms with Crippen molar-refractivity contribution in [2.75, 3.05) is 5.32 Å². The van der Waals surface area contributed by atoms with Crippen LogP contribution in [-0.4, -0.2) is 17.0 Å². The maximum Gasteiger partial charge on any atom is 0.339 e. The number of carbonyl (C=O) groups excluding carboxylic acids is 1. The number of aromatic carboxylic acids is 1. The van der Waals surface area contributed by atoms with Gasteiger partial charge >= 0.3 is 5.97 Å². The maximum atomic E-state index is 12.4. The number of hydrogen-bond donors (Lipinski definition) is 2. The predicted molar refractivity (Wildman–Crippen MR) is 93.9 cm³/mol. The van der Waals surface area contributed by atoms with E-state index in [-0.39, 0.29) is 5.91 Å². The van der Waals surface area contributed by atoms with Crippen LogP contribution in [0.15, 0.2) is 35.7 Å². The summed E-state index contributed by atoms with van der Waals surface area (Å²) in [5, 5.41) is 14.9. The molecule has 4 nitrogen and oxygen atoms in total. The van der Waals surface area contributed by atoms with Crippen LogP contribution in [0.1, 0.15) is 57.9 Å². The molecule has 1 heterocycles. The highest BCUT2D eigenvalue weighted by Crippen LogP contribution is 2.57. The van der Waals surface area contributed by atoms with Gasteiger partial charge in [-0.15, -0.1) is 11.3 Å². The molecule has 0 radical (unpaired) electrons. The lowest BCUT2D eigenvalue weighted by Crippen LogP contribution is -2.39. The molecule has 1 aromatic carbocycles. The number of carboxylic acids is 1. The van der Waals surface area contributed by atoms with Gasteiger partial charge in [0, 0.05) is 5.56 Å². The highest BCUT2D eigenvalue weighted by atomic mass is 32.1. The fourth-order valence-electron chi connectivity index (χ4n) is 4.31. The Morgan fingerprint density at radius 3 is 2.46 bits per heavy atom. The second-order valence-corrected chi connectivity index (χ2v) is 7.61. The number of anilines is 1. The average molecular weight is 341 g/mol. The first-order valence-electron chi connectivity index (χ1n) is 8.36. The Bertz CT molecular complexity index is 769. The minimum Gasteiger partial charge on any atom is -0.478 e. The quantitative estimate of drug-likeness (QED) is 0.854. The minimum atomic E-state index is -0.945. The van der Waals surface area contributed by atoms with Crippen LogP contribution in [-0.2, 0) is 0 Å². The van der Waals surface area contributed by atoms with Crippen molar-refractivity contribution < 1.29 is 14.7 Å². The third-order valence-electron chi connectivity index (χ3n) is 5.43. The van der Waals surface area contributed by atoms with E-state index in [1.54, 1.807) is 24.3 Å². The molecule has 2 N–H and O–H groups in total. The van der Waals surface area contributed by atoms with Crippen LogP contribution in [0, 0.1) is 11.8 Å². The van der Waals surface area contributed by atoms with Crippen molar-refractivity contribution in [1.29, 1.82) is 0 Å². The monoisotopic (exact) mass is 341 g/mol. The molecule has 0 aliphatic heterocycles. The van der Waals surface area contributed by atoms with Crippen LogP contribution < -0.4 is 5.32 Å². The summed E-state index contributed by atoms with van der Waals surface area (Å²) in [5.41, 5.74) is 1.76. The lowest BCUT2D eigenvalue weighted by molar-refractivity contribution is 0.0642. The summed E-state index contributed by atoms with van der Waals surface area (Å²) < 4.78 is 0. The van der Waals surface area contributed by atoms with Gasteiger partial charge in [-0.3, -0.25) is 4.79 Å². The molecule has 5 heteroatoms. The van der Waals surface area contributed by atoms with Crippen molar-refractivity contribution in [3.63, 3.8) is 0 Å². The van der Waals surface area contributed by atoms with Crippen molar-refractivity contribution in [3.8, 4) is 0 Å². The van der Waals surface area contributed by atoms with Crippen molar-refractivity contribution in [2.45, 2.75) is 31.6 Å². The Kier molecular flexibility index (Phi) is 3.88.